The van der Waals surface area contributed by atoms with Crippen LogP contribution in [0.5, 0.6) is 0 Å². The van der Waals surface area contributed by atoms with Gasteiger partial charge in [0.15, 0.2) is 23.9 Å². The van der Waals surface area contributed by atoms with Gasteiger partial charge >= 0.3 is 14.6 Å². The molecule has 8 atom stereocenters. The molecule has 5 unspecified atom stereocenters. The molecular weight excluding hydrogens is 646 g/mol. The molecule has 3 aliphatic rings. The normalized spacial score (nSPS) is 34.8. The second kappa shape index (κ2) is 10.7. The molecule has 0 amide bonds. The lowest BCUT2D eigenvalue weighted by atomic mass is 10.1. The smallest absolute Gasteiger partial charge is 0.473 e. The molecule has 1 saturated heterocycles. The molecule has 0 radical (unpaired) electrons. The van der Waals surface area contributed by atoms with Gasteiger partial charge in [-0.25, -0.2) is 29.1 Å². The van der Waals surface area contributed by atoms with Crippen LogP contribution in [0, 0.1) is 0 Å². The van der Waals surface area contributed by atoms with Crippen LogP contribution in [0.1, 0.15) is 12.5 Å². The van der Waals surface area contributed by atoms with Crippen LogP contribution in [0.25, 0.3) is 22.1 Å². The van der Waals surface area contributed by atoms with Gasteiger partial charge in [-0.1, -0.05) is 12.2 Å². The van der Waals surface area contributed by atoms with E-state index in [1.165, 1.54) is 34.2 Å². The Morgan fingerprint density at radius 2 is 1.55 bits per heavy atom. The van der Waals surface area contributed by atoms with Crippen molar-refractivity contribution in [1.29, 1.82) is 0 Å². The number of phosphoric ester groups is 1. The Morgan fingerprint density at radius 3 is 2.18 bits per heavy atom. The maximum atomic E-state index is 13.5. The van der Waals surface area contributed by atoms with Crippen molar-refractivity contribution in [2.24, 2.45) is 0 Å². The predicted molar refractivity (Wildman–Crippen MR) is 152 cm³/mol. The van der Waals surface area contributed by atoms with Gasteiger partial charge in [-0.2, -0.15) is 0 Å². The number of aliphatic hydroxyl groups excluding tert-OH is 2. The first kappa shape index (κ1) is 29.4. The fourth-order valence-corrected chi connectivity index (χ4v) is 7.55. The van der Waals surface area contributed by atoms with E-state index in [1.54, 1.807) is 12.1 Å². The summed E-state index contributed by atoms with van der Waals surface area (Å²) in [7, 11) is -4.98. The lowest BCUT2D eigenvalue weighted by Crippen LogP contribution is -2.36. The molecule has 4 aromatic heterocycles. The molecule has 7 rings (SSSR count). The van der Waals surface area contributed by atoms with E-state index in [-0.39, 0.29) is 23.0 Å². The van der Waals surface area contributed by atoms with Crippen molar-refractivity contribution in [2.45, 2.75) is 36.9 Å². The first-order chi connectivity index (χ1) is 20.9. The van der Waals surface area contributed by atoms with Crippen molar-refractivity contribution in [3.8, 4) is 0 Å². The summed E-state index contributed by atoms with van der Waals surface area (Å²) in [6.07, 6.45) is -2.96. The quantitative estimate of drug-likeness (QED) is 0.130. The van der Waals surface area contributed by atoms with Crippen molar-refractivity contribution >= 4 is 60.6 Å². The Kier molecular flexibility index (Phi) is 7.13. The number of nitrogen functional groups attached to an aromatic ring is 2. The summed E-state index contributed by atoms with van der Waals surface area (Å²) in [6.45, 7) is -5.76. The monoisotopic (exact) mass is 670 g/mol. The molecule has 22 heteroatoms. The van der Waals surface area contributed by atoms with Crippen LogP contribution in [-0.2, 0) is 36.7 Å². The van der Waals surface area contributed by atoms with Gasteiger partial charge in [0.05, 0.1) is 17.4 Å². The number of aliphatic hydroxyl groups is 2. The van der Waals surface area contributed by atoms with Gasteiger partial charge in [0.25, 0.3) is 0 Å². The van der Waals surface area contributed by atoms with Crippen LogP contribution in [0.3, 0.4) is 0 Å². The minimum absolute atomic E-state index is 0.170. The predicted octanol–water partition coefficient (Wildman–Crippen LogP) is 1.55. The van der Waals surface area contributed by atoms with E-state index in [0.29, 0.717) is 16.4 Å². The zero-order valence-electron chi connectivity index (χ0n) is 22.1. The Labute approximate surface area is 251 Å². The summed E-state index contributed by atoms with van der Waals surface area (Å²) in [5, 5.41) is 23.1. The molecule has 0 aliphatic carbocycles. The largest absolute Gasteiger partial charge is 0.506 e. The molecule has 0 saturated carbocycles. The van der Waals surface area contributed by atoms with E-state index < -0.39 is 70.5 Å². The van der Waals surface area contributed by atoms with Gasteiger partial charge in [0.2, 0.25) is 6.23 Å². The number of hydrogen-bond donors (Lipinski definition) is 6. The van der Waals surface area contributed by atoms with E-state index >= 15 is 0 Å². The maximum absolute atomic E-state index is 13.5. The second-order valence-electron chi connectivity index (χ2n) is 9.91. The molecule has 7 heterocycles. The first-order valence-corrected chi connectivity index (χ1v) is 17.0. The highest BCUT2D eigenvalue weighted by Crippen LogP contribution is 2.58. The second-order valence-corrected chi connectivity index (χ2v) is 14.2. The number of phosphoric acid groups is 1. The summed E-state index contributed by atoms with van der Waals surface area (Å²) in [6, 6.07) is 3.19. The van der Waals surface area contributed by atoms with Gasteiger partial charge in [0, 0.05) is 12.4 Å². The minimum atomic E-state index is -4.98. The average Bonchev–Trinajstić information content (AvgIpc) is 3.73. The van der Waals surface area contributed by atoms with E-state index in [4.69, 9.17) is 39.0 Å². The summed E-state index contributed by atoms with van der Waals surface area (Å²) < 4.78 is 62.8. The third kappa shape index (κ3) is 5.02. The zero-order valence-corrected chi connectivity index (χ0v) is 24.8. The fraction of sp³-hybridized carbons (Fsp3) is 0.364. The molecule has 0 aromatic carbocycles. The van der Waals surface area contributed by atoms with Crippen LogP contribution in [0.4, 0.5) is 11.6 Å². The molecule has 0 spiro atoms. The van der Waals surface area contributed by atoms with Crippen molar-refractivity contribution in [3.05, 3.63) is 48.7 Å². The number of thiol groups is 1. The third-order valence-corrected chi connectivity index (χ3v) is 9.84. The lowest BCUT2D eigenvalue weighted by Gasteiger charge is -2.26. The van der Waals surface area contributed by atoms with Gasteiger partial charge in [-0.05, 0) is 12.1 Å². The Morgan fingerprint density at radius 1 is 0.932 bits per heavy atom. The molecule has 3 aliphatic heterocycles. The molecule has 4 aromatic rings. The molecule has 2 bridgehead atoms. The minimum Gasteiger partial charge on any atom is -0.506 e. The van der Waals surface area contributed by atoms with Crippen molar-refractivity contribution in [1.82, 2.24) is 29.1 Å². The Bertz CT molecular complexity index is 1900. The Balaban J connectivity index is 1.21. The maximum Gasteiger partial charge on any atom is 0.473 e. The number of fused-ring (bicyclic) bond motifs is 4. The van der Waals surface area contributed by atoms with Crippen LogP contribution in [0.2, 0.25) is 0 Å². The van der Waals surface area contributed by atoms with Crippen LogP contribution < -0.4 is 11.5 Å². The molecule has 44 heavy (non-hydrogen) atoms. The van der Waals surface area contributed by atoms with Gasteiger partial charge < -0.3 is 40.6 Å². The standard InChI is InChI=1S/C22H24N8O11P2S/c23-17-9-1-3-29(19(9)27-7-25-17)21-14(32)15-12(39-21)6-37-43(35,44)41-16-13(31)11(5-36-42(33,34)40-15)38-22(16)30-4-2-10-18(24)26-8-28-20(10)30/h1-4,7-8,12,14-16,21-22,31-32H,5-6H2,(H,33,34)(H,35,44)(H2,23,25,27)(H2,24,26,28)/t12-,14?,15?,16?,21-,22-,43?/m1/s1. The van der Waals surface area contributed by atoms with Gasteiger partial charge in [0.1, 0.15) is 60.5 Å². The fourth-order valence-electron chi connectivity index (χ4n) is 5.25. The molecule has 1 fully saturated rings. The number of hydrogen-bond acceptors (Lipinski definition) is 16. The zero-order chi connectivity index (χ0) is 31.0. The van der Waals surface area contributed by atoms with Gasteiger partial charge in [-0.3, -0.25) is 22.7 Å². The summed E-state index contributed by atoms with van der Waals surface area (Å²) in [5.74, 6) is -0.609. The number of rotatable bonds is 2. The average molecular weight is 670 g/mol. The molecule has 7 N–H and O–H groups in total. The Hall–Kier alpha value is -3.29. The highest BCUT2D eigenvalue weighted by molar-refractivity contribution is 8.44. The van der Waals surface area contributed by atoms with Crippen molar-refractivity contribution < 1.29 is 51.8 Å². The number of ether oxygens (including phenoxy) is 2. The van der Waals surface area contributed by atoms with E-state index in [9.17, 15) is 24.2 Å². The number of nitrogens with zero attached hydrogens (tertiary/aromatic N) is 6. The summed E-state index contributed by atoms with van der Waals surface area (Å²) in [5.41, 5.74) is 12.4. The highest BCUT2D eigenvalue weighted by Gasteiger charge is 2.51. The van der Waals surface area contributed by atoms with E-state index in [1.807, 2.05) is 0 Å². The van der Waals surface area contributed by atoms with E-state index in [2.05, 4.69) is 32.2 Å². The SMILES string of the molecule is Nc1ncnc2c1ccn2[C@@H]1OC2=C(O)C1OP(=O)(S)OC[C@H]1O[C@@H](n3ccc4c(N)ncnc43)C(O)C1OP(=O)(O)OC2. The van der Waals surface area contributed by atoms with Crippen molar-refractivity contribution in [2.75, 3.05) is 24.7 Å². The molecule has 19 nitrogen and oxygen atoms in total. The third-order valence-electron chi connectivity index (χ3n) is 7.28. The molecular formula is C22H24N8O11P2S. The number of nitrogens with two attached hydrogens (primary N) is 2. The van der Waals surface area contributed by atoms with Gasteiger partial charge in [-0.15, -0.1) is 0 Å². The highest BCUT2D eigenvalue weighted by atomic mass is 32.7. The summed E-state index contributed by atoms with van der Waals surface area (Å²) in [4.78, 5) is 26.8. The lowest BCUT2D eigenvalue weighted by molar-refractivity contribution is -0.0520. The summed E-state index contributed by atoms with van der Waals surface area (Å²) >= 11 is 4.07. The van der Waals surface area contributed by atoms with E-state index in [0.717, 1.165) is 0 Å². The van der Waals surface area contributed by atoms with Crippen LogP contribution in [-0.4, -0.2) is 81.8 Å². The first-order valence-electron chi connectivity index (χ1n) is 12.8. The van der Waals surface area contributed by atoms with Crippen LogP contribution in [0.15, 0.2) is 48.7 Å². The number of aromatic nitrogens is 6. The van der Waals surface area contributed by atoms with Crippen LogP contribution >= 0.6 is 26.9 Å². The molecule has 234 valence electrons. The number of anilines is 2. The topological polar surface area (TPSA) is 264 Å². The van der Waals surface area contributed by atoms with Crippen molar-refractivity contribution in [3.63, 3.8) is 0 Å².